The molecule has 4 nitrogen and oxygen atoms in total. The van der Waals surface area contributed by atoms with E-state index in [0.29, 0.717) is 18.8 Å². The fourth-order valence-electron chi connectivity index (χ4n) is 2.81. The average Bonchev–Trinajstić information content (AvgIpc) is 2.81. The maximum Gasteiger partial charge on any atom is 0.203 e. The van der Waals surface area contributed by atoms with E-state index in [4.69, 9.17) is 10.1 Å². The third kappa shape index (κ3) is 3.34. The van der Waals surface area contributed by atoms with Crippen LogP contribution in [0.4, 0.5) is 0 Å². The number of halogens is 1. The van der Waals surface area contributed by atoms with E-state index in [0.717, 1.165) is 28.9 Å². The lowest BCUT2D eigenvalue weighted by atomic mass is 10.2. The van der Waals surface area contributed by atoms with Gasteiger partial charge in [-0.05, 0) is 37.6 Å². The van der Waals surface area contributed by atoms with Crippen LogP contribution in [0.2, 0.25) is 0 Å². The zero-order valence-electron chi connectivity index (χ0n) is 13.5. The summed E-state index contributed by atoms with van der Waals surface area (Å²) in [5.41, 5.74) is 3.85. The second-order valence-electron chi connectivity index (χ2n) is 5.32. The molecule has 0 aliphatic heterocycles. The number of nitrogens with one attached hydrogen (secondary N) is 1. The minimum atomic E-state index is 0. The van der Waals surface area contributed by atoms with Gasteiger partial charge in [-0.1, -0.05) is 30.3 Å². The molecule has 0 aliphatic carbocycles. The van der Waals surface area contributed by atoms with Crippen molar-refractivity contribution in [3.63, 3.8) is 0 Å². The highest BCUT2D eigenvalue weighted by Gasteiger charge is 2.09. The Morgan fingerprint density at radius 2 is 1.57 bits per heavy atom. The van der Waals surface area contributed by atoms with Crippen molar-refractivity contribution >= 4 is 28.0 Å². The Balaban J connectivity index is 0.00000192. The van der Waals surface area contributed by atoms with Gasteiger partial charge in [0.1, 0.15) is 12.4 Å². The van der Waals surface area contributed by atoms with Gasteiger partial charge < -0.3 is 13.9 Å². The Morgan fingerprint density at radius 1 is 0.957 bits per heavy atom. The molecule has 0 radical (unpaired) electrons. The molecule has 1 N–H and O–H groups in total. The average molecular weight is 376 g/mol. The molecule has 122 valence electrons. The van der Waals surface area contributed by atoms with E-state index < -0.39 is 0 Å². The molecule has 2 aromatic carbocycles. The number of aryl methyl sites for hydroxylation is 2. The van der Waals surface area contributed by atoms with Crippen molar-refractivity contribution in [2.75, 3.05) is 6.61 Å². The summed E-state index contributed by atoms with van der Waals surface area (Å²) in [6, 6.07) is 16.2. The van der Waals surface area contributed by atoms with Crippen molar-refractivity contribution in [2.24, 2.45) is 0 Å². The second kappa shape index (κ2) is 7.51. The van der Waals surface area contributed by atoms with E-state index >= 15 is 0 Å². The lowest BCUT2D eigenvalue weighted by molar-refractivity contribution is 0.295. The molecule has 5 heteroatoms. The molecular formula is C18H22BrN3O. The van der Waals surface area contributed by atoms with Crippen LogP contribution in [0.5, 0.6) is 5.75 Å². The van der Waals surface area contributed by atoms with Crippen molar-refractivity contribution in [1.82, 2.24) is 9.13 Å². The maximum absolute atomic E-state index is 8.37. The number of hydrogen-bond donors (Lipinski definition) is 1. The standard InChI is InChI=1S/C18H21N3O.BrH/c1-3-20-15-9-5-6-10-16(15)21(18(20)19)12-13-22-17-11-7-4-8-14(17)2;/h4-11,19H,3,12-13H2,1-2H3;1H. The largest absolute Gasteiger partial charge is 0.491 e. The first-order valence-corrected chi connectivity index (χ1v) is 7.63. The molecule has 1 heterocycles. The highest BCUT2D eigenvalue weighted by molar-refractivity contribution is 8.93. The first-order chi connectivity index (χ1) is 10.7. The number of ether oxygens (including phenoxy) is 1. The molecule has 3 aromatic rings. The third-order valence-corrected chi connectivity index (χ3v) is 3.96. The van der Waals surface area contributed by atoms with Crippen molar-refractivity contribution in [2.45, 2.75) is 26.9 Å². The first-order valence-electron chi connectivity index (χ1n) is 7.63. The normalized spacial score (nSPS) is 10.5. The van der Waals surface area contributed by atoms with E-state index in [1.807, 2.05) is 52.5 Å². The van der Waals surface area contributed by atoms with Gasteiger partial charge in [0.15, 0.2) is 0 Å². The first kappa shape index (κ1) is 17.3. The van der Waals surface area contributed by atoms with Crippen LogP contribution in [0.1, 0.15) is 12.5 Å². The van der Waals surface area contributed by atoms with Crippen molar-refractivity contribution in [1.29, 1.82) is 5.41 Å². The molecule has 0 spiro atoms. The van der Waals surface area contributed by atoms with Gasteiger partial charge in [-0.2, -0.15) is 0 Å². The number of rotatable bonds is 5. The summed E-state index contributed by atoms with van der Waals surface area (Å²) < 4.78 is 9.90. The Hall–Kier alpha value is -2.01. The Bertz CT molecular complexity index is 851. The minimum absolute atomic E-state index is 0. The molecule has 0 aliphatic rings. The van der Waals surface area contributed by atoms with Gasteiger partial charge in [0, 0.05) is 6.54 Å². The van der Waals surface area contributed by atoms with E-state index in [1.165, 1.54) is 0 Å². The highest BCUT2D eigenvalue weighted by atomic mass is 79.9. The monoisotopic (exact) mass is 375 g/mol. The van der Waals surface area contributed by atoms with Crippen LogP contribution in [0, 0.1) is 12.3 Å². The molecular weight excluding hydrogens is 354 g/mol. The van der Waals surface area contributed by atoms with Crippen LogP contribution in [0.3, 0.4) is 0 Å². The summed E-state index contributed by atoms with van der Waals surface area (Å²) >= 11 is 0. The molecule has 0 unspecified atom stereocenters. The quantitative estimate of drug-likeness (QED) is 0.721. The van der Waals surface area contributed by atoms with Gasteiger partial charge >= 0.3 is 0 Å². The van der Waals surface area contributed by atoms with Crippen LogP contribution in [0.25, 0.3) is 11.0 Å². The van der Waals surface area contributed by atoms with Gasteiger partial charge in [-0.3, -0.25) is 5.41 Å². The molecule has 0 amide bonds. The van der Waals surface area contributed by atoms with Crippen LogP contribution >= 0.6 is 17.0 Å². The van der Waals surface area contributed by atoms with Crippen molar-refractivity contribution in [3.05, 3.63) is 59.7 Å². The van der Waals surface area contributed by atoms with E-state index in [1.54, 1.807) is 0 Å². The fourth-order valence-corrected chi connectivity index (χ4v) is 2.81. The predicted octanol–water partition coefficient (Wildman–Crippen LogP) is 3.91. The van der Waals surface area contributed by atoms with Gasteiger partial charge in [0.25, 0.3) is 0 Å². The number of aromatic nitrogens is 2. The number of hydrogen-bond acceptors (Lipinski definition) is 2. The number of fused-ring (bicyclic) bond motifs is 1. The summed E-state index contributed by atoms with van der Waals surface area (Å²) in [6.45, 7) is 6.13. The van der Waals surface area contributed by atoms with Gasteiger partial charge in [-0.25, -0.2) is 0 Å². The summed E-state index contributed by atoms with van der Waals surface area (Å²) in [6.07, 6.45) is 0. The number of imidazole rings is 1. The van der Waals surface area contributed by atoms with E-state index in [-0.39, 0.29) is 17.0 Å². The molecule has 0 atom stereocenters. The molecule has 3 rings (SSSR count). The Kier molecular flexibility index (Phi) is 5.66. The van der Waals surface area contributed by atoms with Gasteiger partial charge in [0.2, 0.25) is 5.62 Å². The summed E-state index contributed by atoms with van der Waals surface area (Å²) in [5.74, 6) is 0.911. The zero-order chi connectivity index (χ0) is 15.5. The molecule has 0 fully saturated rings. The van der Waals surface area contributed by atoms with Crippen molar-refractivity contribution in [3.8, 4) is 5.75 Å². The van der Waals surface area contributed by atoms with Gasteiger partial charge in [-0.15, -0.1) is 17.0 Å². The minimum Gasteiger partial charge on any atom is -0.491 e. The topological polar surface area (TPSA) is 42.9 Å². The van der Waals surface area contributed by atoms with Gasteiger partial charge in [0.05, 0.1) is 17.6 Å². The number of nitrogens with zero attached hydrogens (tertiary/aromatic N) is 2. The summed E-state index contributed by atoms with van der Waals surface area (Å²) in [5, 5.41) is 8.37. The summed E-state index contributed by atoms with van der Waals surface area (Å²) in [7, 11) is 0. The van der Waals surface area contributed by atoms with Crippen LogP contribution in [-0.4, -0.2) is 15.7 Å². The van der Waals surface area contributed by atoms with Crippen molar-refractivity contribution < 1.29 is 4.74 Å². The number of benzene rings is 2. The van der Waals surface area contributed by atoms with E-state index in [2.05, 4.69) is 19.1 Å². The highest BCUT2D eigenvalue weighted by Crippen LogP contribution is 2.17. The SMILES string of the molecule is Br.CCn1c(=N)n(CCOc2ccccc2C)c2ccccc21. The maximum atomic E-state index is 8.37. The lowest BCUT2D eigenvalue weighted by Gasteiger charge is -2.09. The smallest absolute Gasteiger partial charge is 0.203 e. The van der Waals surface area contributed by atoms with E-state index in [9.17, 15) is 0 Å². The molecule has 1 aromatic heterocycles. The Morgan fingerprint density at radius 3 is 2.22 bits per heavy atom. The third-order valence-electron chi connectivity index (χ3n) is 3.96. The molecule has 0 saturated heterocycles. The molecule has 23 heavy (non-hydrogen) atoms. The number of para-hydroxylation sites is 3. The Labute approximate surface area is 146 Å². The van der Waals surface area contributed by atoms with Crippen LogP contribution in [-0.2, 0) is 13.1 Å². The molecule has 0 bridgehead atoms. The zero-order valence-corrected chi connectivity index (χ0v) is 15.2. The summed E-state index contributed by atoms with van der Waals surface area (Å²) in [4.78, 5) is 0. The fraction of sp³-hybridized carbons (Fsp3) is 0.278. The second-order valence-corrected chi connectivity index (χ2v) is 5.32. The lowest BCUT2D eigenvalue weighted by Crippen LogP contribution is -2.26. The predicted molar refractivity (Wildman–Crippen MR) is 98.5 cm³/mol. The van der Waals surface area contributed by atoms with Crippen LogP contribution < -0.4 is 10.4 Å². The molecule has 0 saturated carbocycles. The van der Waals surface area contributed by atoms with Crippen LogP contribution in [0.15, 0.2) is 48.5 Å².